The van der Waals surface area contributed by atoms with Gasteiger partial charge in [0.05, 0.1) is 12.7 Å². The summed E-state index contributed by atoms with van der Waals surface area (Å²) in [4.78, 5) is 12.7. The zero-order valence-corrected chi connectivity index (χ0v) is 19.8. The van der Waals surface area contributed by atoms with Crippen LogP contribution in [-0.2, 0) is 10.0 Å². The van der Waals surface area contributed by atoms with Crippen LogP contribution in [0.4, 0.5) is 0 Å². The number of hydrogen-bond acceptors (Lipinski definition) is 7. The van der Waals surface area contributed by atoms with Crippen molar-refractivity contribution in [3.05, 3.63) is 84.4 Å². The second-order valence-electron chi connectivity index (χ2n) is 7.44. The van der Waals surface area contributed by atoms with Gasteiger partial charge in [-0.3, -0.25) is 9.36 Å². The van der Waals surface area contributed by atoms with Gasteiger partial charge in [-0.1, -0.05) is 54.2 Å². The summed E-state index contributed by atoms with van der Waals surface area (Å²) < 4.78 is 33.8. The Morgan fingerprint density at radius 1 is 0.941 bits per heavy atom. The van der Waals surface area contributed by atoms with Gasteiger partial charge in [0.1, 0.15) is 10.6 Å². The summed E-state index contributed by atoms with van der Waals surface area (Å²) in [6.45, 7) is 0.0245. The van der Waals surface area contributed by atoms with E-state index in [9.17, 15) is 13.2 Å². The predicted octanol–water partition coefficient (Wildman–Crippen LogP) is 3.88. The number of aromatic nitrogens is 3. The normalized spacial score (nSPS) is 14.3. The van der Waals surface area contributed by atoms with E-state index >= 15 is 0 Å². The van der Waals surface area contributed by atoms with E-state index < -0.39 is 15.9 Å². The van der Waals surface area contributed by atoms with E-state index in [1.165, 1.54) is 23.9 Å². The van der Waals surface area contributed by atoms with Crippen molar-refractivity contribution in [2.75, 3.05) is 19.4 Å². The molecular weight excluding hydrogens is 472 g/mol. The third-order valence-corrected chi connectivity index (χ3v) is 8.16. The summed E-state index contributed by atoms with van der Waals surface area (Å²) >= 11 is 1.34. The molecule has 34 heavy (non-hydrogen) atoms. The van der Waals surface area contributed by atoms with Gasteiger partial charge in [0, 0.05) is 23.5 Å². The number of nitrogens with zero attached hydrogens (tertiary/aromatic N) is 4. The maximum Gasteiger partial charge on any atom is 0.269 e. The largest absolute Gasteiger partial charge is 0.497 e. The first-order valence-corrected chi connectivity index (χ1v) is 12.9. The molecule has 4 aromatic rings. The molecule has 0 radical (unpaired) electrons. The number of carbonyl (C=O) groups excluding carboxylic acids is 1. The molecular formula is C24H20N4O4S2. The highest BCUT2D eigenvalue weighted by Gasteiger charge is 2.40. The molecule has 3 aromatic carbocycles. The lowest BCUT2D eigenvalue weighted by Gasteiger charge is -2.15. The van der Waals surface area contributed by atoms with Gasteiger partial charge in [0.2, 0.25) is 0 Å². The van der Waals surface area contributed by atoms with E-state index in [4.69, 9.17) is 4.74 Å². The molecule has 10 heteroatoms. The van der Waals surface area contributed by atoms with E-state index in [1.807, 2.05) is 59.2 Å². The topological polar surface area (TPSA) is 94.4 Å². The molecule has 1 aliphatic rings. The van der Waals surface area contributed by atoms with Crippen LogP contribution in [0.15, 0.2) is 88.9 Å². The summed E-state index contributed by atoms with van der Waals surface area (Å²) in [7, 11) is -2.24. The number of thioether (sulfide) groups is 1. The van der Waals surface area contributed by atoms with Crippen molar-refractivity contribution in [3.8, 4) is 22.8 Å². The molecule has 0 aliphatic carbocycles. The number of hydrogen-bond donors (Lipinski definition) is 0. The minimum absolute atomic E-state index is 0.0245. The van der Waals surface area contributed by atoms with Crippen LogP contribution in [0, 0.1) is 0 Å². The van der Waals surface area contributed by atoms with Crippen LogP contribution in [0.2, 0.25) is 0 Å². The van der Waals surface area contributed by atoms with Gasteiger partial charge in [-0.15, -0.1) is 10.2 Å². The Hall–Kier alpha value is -3.63. The molecule has 2 heterocycles. The highest BCUT2D eigenvalue weighted by Crippen LogP contribution is 2.32. The fourth-order valence-corrected chi connectivity index (χ4v) is 6.36. The Kier molecular flexibility index (Phi) is 5.84. The van der Waals surface area contributed by atoms with E-state index in [0.29, 0.717) is 22.5 Å². The molecule has 0 saturated carbocycles. The van der Waals surface area contributed by atoms with Crippen molar-refractivity contribution in [2.45, 2.75) is 10.1 Å². The van der Waals surface area contributed by atoms with Crippen LogP contribution in [0.25, 0.3) is 17.1 Å². The van der Waals surface area contributed by atoms with E-state index in [-0.39, 0.29) is 17.0 Å². The van der Waals surface area contributed by atoms with Crippen molar-refractivity contribution in [3.63, 3.8) is 0 Å². The first-order chi connectivity index (χ1) is 16.5. The summed E-state index contributed by atoms with van der Waals surface area (Å²) in [5, 5.41) is 9.36. The Morgan fingerprint density at radius 3 is 2.47 bits per heavy atom. The number of carbonyl (C=O) groups is 1. The van der Waals surface area contributed by atoms with Crippen LogP contribution in [0.3, 0.4) is 0 Å². The van der Waals surface area contributed by atoms with Crippen LogP contribution in [0.5, 0.6) is 5.75 Å². The lowest BCUT2D eigenvalue weighted by atomic mass is 10.2. The van der Waals surface area contributed by atoms with Gasteiger partial charge in [0.15, 0.2) is 11.0 Å². The SMILES string of the molecule is COc1cccc(-c2nnc(SCCN3C(=O)c4ccccc4S3(=O)=O)n2-c2ccccc2)c1. The van der Waals surface area contributed by atoms with Gasteiger partial charge >= 0.3 is 0 Å². The standard InChI is InChI=1S/C24H20N4O4S2/c1-32-19-11-7-8-17(16-19)22-25-26-24(28(22)18-9-3-2-4-10-18)33-15-14-27-23(29)20-12-5-6-13-21(20)34(27,30)31/h2-13,16H,14-15H2,1H3. The molecule has 172 valence electrons. The molecule has 1 aliphatic heterocycles. The second-order valence-corrected chi connectivity index (χ2v) is 10.3. The Labute approximate surface area is 201 Å². The third-order valence-electron chi connectivity index (χ3n) is 5.41. The van der Waals surface area contributed by atoms with E-state index in [2.05, 4.69) is 10.2 Å². The van der Waals surface area contributed by atoms with E-state index in [0.717, 1.165) is 15.6 Å². The molecule has 1 amide bonds. The smallest absolute Gasteiger partial charge is 0.269 e. The Balaban J connectivity index is 1.43. The highest BCUT2D eigenvalue weighted by molar-refractivity contribution is 7.99. The number of benzene rings is 3. The average Bonchev–Trinajstić information content (AvgIpc) is 3.38. The van der Waals surface area contributed by atoms with Crippen LogP contribution < -0.4 is 4.74 Å². The minimum atomic E-state index is -3.84. The van der Waals surface area contributed by atoms with Crippen molar-refractivity contribution in [1.29, 1.82) is 0 Å². The third kappa shape index (κ3) is 3.84. The van der Waals surface area contributed by atoms with Gasteiger partial charge in [-0.05, 0) is 36.4 Å². The van der Waals surface area contributed by atoms with Crippen molar-refractivity contribution in [1.82, 2.24) is 19.1 Å². The van der Waals surface area contributed by atoms with Crippen LogP contribution in [0.1, 0.15) is 10.4 Å². The predicted molar refractivity (Wildman–Crippen MR) is 129 cm³/mol. The molecule has 0 fully saturated rings. The molecule has 1 aromatic heterocycles. The number of rotatable bonds is 7. The molecule has 0 N–H and O–H groups in total. The summed E-state index contributed by atoms with van der Waals surface area (Å²) in [6, 6.07) is 23.5. The summed E-state index contributed by atoms with van der Waals surface area (Å²) in [6.07, 6.45) is 0. The van der Waals surface area contributed by atoms with Crippen molar-refractivity contribution in [2.24, 2.45) is 0 Å². The maximum absolute atomic E-state index is 12.8. The van der Waals surface area contributed by atoms with Gasteiger partial charge < -0.3 is 4.74 Å². The van der Waals surface area contributed by atoms with Crippen LogP contribution >= 0.6 is 11.8 Å². The molecule has 0 unspecified atom stereocenters. The van der Waals surface area contributed by atoms with Crippen molar-refractivity contribution >= 4 is 27.7 Å². The number of ether oxygens (including phenoxy) is 1. The van der Waals surface area contributed by atoms with Gasteiger partial charge in [-0.2, -0.15) is 0 Å². The number of methoxy groups -OCH3 is 1. The average molecular weight is 493 g/mol. The monoisotopic (exact) mass is 492 g/mol. The second kappa shape index (κ2) is 8.96. The first kappa shape index (κ1) is 22.2. The number of sulfonamides is 1. The molecule has 8 nitrogen and oxygen atoms in total. The van der Waals surface area contributed by atoms with Crippen molar-refractivity contribution < 1.29 is 17.9 Å². The molecule has 0 bridgehead atoms. The van der Waals surface area contributed by atoms with Crippen LogP contribution in [-0.4, -0.2) is 52.8 Å². The Morgan fingerprint density at radius 2 is 1.71 bits per heavy atom. The summed E-state index contributed by atoms with van der Waals surface area (Å²) in [5.74, 6) is 1.15. The lowest BCUT2D eigenvalue weighted by Crippen LogP contribution is -2.32. The van der Waals surface area contributed by atoms with Gasteiger partial charge in [-0.25, -0.2) is 12.7 Å². The van der Waals surface area contributed by atoms with E-state index in [1.54, 1.807) is 19.2 Å². The zero-order chi connectivity index (χ0) is 23.7. The molecule has 0 saturated heterocycles. The summed E-state index contributed by atoms with van der Waals surface area (Å²) in [5.41, 5.74) is 1.90. The molecule has 5 rings (SSSR count). The Bertz CT molecular complexity index is 1470. The van der Waals surface area contributed by atoms with Gasteiger partial charge in [0.25, 0.3) is 15.9 Å². The number of para-hydroxylation sites is 1. The first-order valence-electron chi connectivity index (χ1n) is 10.4. The molecule has 0 atom stereocenters. The lowest BCUT2D eigenvalue weighted by molar-refractivity contribution is 0.0876. The zero-order valence-electron chi connectivity index (χ0n) is 18.2. The number of amides is 1. The fourth-order valence-electron chi connectivity index (χ4n) is 3.79. The quantitative estimate of drug-likeness (QED) is 0.361. The maximum atomic E-state index is 12.8. The minimum Gasteiger partial charge on any atom is -0.497 e. The highest BCUT2D eigenvalue weighted by atomic mass is 32.2. The number of fused-ring (bicyclic) bond motifs is 1. The molecule has 0 spiro atoms. The fraction of sp³-hybridized carbons (Fsp3) is 0.125.